The molecule has 6 heteroatoms. The second-order valence-corrected chi connectivity index (χ2v) is 4.48. The van der Waals surface area contributed by atoms with E-state index in [1.165, 1.54) is 12.1 Å². The Hall–Kier alpha value is -2.47. The molecule has 2 N–H and O–H groups in total. The summed E-state index contributed by atoms with van der Waals surface area (Å²) in [6.45, 7) is 0. The third-order valence-corrected chi connectivity index (χ3v) is 2.80. The zero-order valence-electron chi connectivity index (χ0n) is 11.3. The molecule has 0 aliphatic carbocycles. The molecule has 0 unspecified atom stereocenters. The number of thiocarbonyl (C=S) groups is 1. The third-order valence-electron chi connectivity index (χ3n) is 2.60. The van der Waals surface area contributed by atoms with Gasteiger partial charge in [-0.15, -0.1) is 0 Å². The molecule has 0 fully saturated rings. The summed E-state index contributed by atoms with van der Waals surface area (Å²) in [6.07, 6.45) is 1.55. The second-order valence-electron chi connectivity index (χ2n) is 4.08. The van der Waals surface area contributed by atoms with E-state index in [1.54, 1.807) is 25.5 Å². The molecule has 0 aromatic heterocycles. The van der Waals surface area contributed by atoms with E-state index in [4.69, 9.17) is 17.0 Å². The van der Waals surface area contributed by atoms with Gasteiger partial charge in [-0.05, 0) is 42.0 Å². The van der Waals surface area contributed by atoms with Crippen LogP contribution in [0.4, 0.5) is 10.1 Å². The van der Waals surface area contributed by atoms with Gasteiger partial charge in [-0.25, -0.2) is 4.39 Å². The molecule has 0 aliphatic rings. The lowest BCUT2D eigenvalue weighted by molar-refractivity contribution is 0.417. The Labute approximate surface area is 127 Å². The van der Waals surface area contributed by atoms with Crippen LogP contribution in [0, 0.1) is 5.82 Å². The number of nitrogens with one attached hydrogen (secondary N) is 2. The molecule has 2 rings (SSSR count). The number of rotatable bonds is 4. The first-order valence-electron chi connectivity index (χ1n) is 6.17. The fourth-order valence-electron chi connectivity index (χ4n) is 1.61. The number of para-hydroxylation sites is 2. The van der Waals surface area contributed by atoms with E-state index >= 15 is 0 Å². The minimum Gasteiger partial charge on any atom is -0.495 e. The van der Waals surface area contributed by atoms with Crippen molar-refractivity contribution in [1.29, 1.82) is 0 Å². The van der Waals surface area contributed by atoms with Gasteiger partial charge < -0.3 is 10.1 Å². The summed E-state index contributed by atoms with van der Waals surface area (Å²) in [7, 11) is 1.59. The van der Waals surface area contributed by atoms with E-state index in [0.29, 0.717) is 10.9 Å². The highest BCUT2D eigenvalue weighted by atomic mass is 32.1. The Balaban J connectivity index is 1.91. The van der Waals surface area contributed by atoms with Crippen LogP contribution >= 0.6 is 12.2 Å². The number of methoxy groups -OCH3 is 1. The topological polar surface area (TPSA) is 45.6 Å². The van der Waals surface area contributed by atoms with E-state index in [-0.39, 0.29) is 5.82 Å². The zero-order valence-corrected chi connectivity index (χ0v) is 12.2. The molecule has 0 spiro atoms. The quantitative estimate of drug-likeness (QED) is 0.517. The maximum Gasteiger partial charge on any atom is 0.191 e. The Bertz CT molecular complexity index is 644. The molecule has 0 aliphatic heterocycles. The molecule has 21 heavy (non-hydrogen) atoms. The zero-order chi connectivity index (χ0) is 15.1. The molecule has 0 saturated carbocycles. The Morgan fingerprint density at radius 1 is 1.19 bits per heavy atom. The highest BCUT2D eigenvalue weighted by Gasteiger charge is 2.02. The number of benzene rings is 2. The summed E-state index contributed by atoms with van der Waals surface area (Å²) < 4.78 is 18.0. The van der Waals surface area contributed by atoms with Gasteiger partial charge in [-0.3, -0.25) is 5.43 Å². The number of hydrogen-bond donors (Lipinski definition) is 2. The Kier molecular flexibility index (Phi) is 5.22. The van der Waals surface area contributed by atoms with E-state index in [9.17, 15) is 4.39 Å². The number of nitrogens with zero attached hydrogens (tertiary/aromatic N) is 1. The van der Waals surface area contributed by atoms with Crippen LogP contribution in [0.3, 0.4) is 0 Å². The first-order chi connectivity index (χ1) is 10.2. The minimum atomic E-state index is -0.284. The van der Waals surface area contributed by atoms with Crippen LogP contribution < -0.4 is 15.5 Å². The molecule has 4 nitrogen and oxygen atoms in total. The van der Waals surface area contributed by atoms with Crippen molar-refractivity contribution < 1.29 is 9.13 Å². The SMILES string of the molecule is COc1ccccc1NC(=S)N/N=C\c1ccc(F)cc1. The van der Waals surface area contributed by atoms with Crippen LogP contribution in [0.5, 0.6) is 5.75 Å². The predicted molar refractivity (Wildman–Crippen MR) is 86.3 cm³/mol. The fourth-order valence-corrected chi connectivity index (χ4v) is 1.78. The van der Waals surface area contributed by atoms with Crippen LogP contribution in [0.15, 0.2) is 53.6 Å². The summed E-state index contributed by atoms with van der Waals surface area (Å²) >= 11 is 5.13. The highest BCUT2D eigenvalue weighted by Crippen LogP contribution is 2.22. The van der Waals surface area contributed by atoms with Gasteiger partial charge in [0.1, 0.15) is 11.6 Å². The van der Waals surface area contributed by atoms with Crippen LogP contribution in [0.1, 0.15) is 5.56 Å². The van der Waals surface area contributed by atoms with Crippen molar-refractivity contribution in [2.75, 3.05) is 12.4 Å². The van der Waals surface area contributed by atoms with Crippen LogP contribution in [-0.2, 0) is 0 Å². The van der Waals surface area contributed by atoms with Crippen LogP contribution in [-0.4, -0.2) is 18.4 Å². The van der Waals surface area contributed by atoms with Crippen molar-refractivity contribution in [3.8, 4) is 5.75 Å². The predicted octanol–water partition coefficient (Wildman–Crippen LogP) is 3.15. The minimum absolute atomic E-state index is 0.284. The summed E-state index contributed by atoms with van der Waals surface area (Å²) in [5.41, 5.74) is 4.20. The van der Waals surface area contributed by atoms with Gasteiger partial charge in [0.25, 0.3) is 0 Å². The molecule has 0 saturated heterocycles. The van der Waals surface area contributed by atoms with Gasteiger partial charge in [0.2, 0.25) is 0 Å². The van der Waals surface area contributed by atoms with Crippen molar-refractivity contribution in [3.63, 3.8) is 0 Å². The molecule has 2 aromatic carbocycles. The summed E-state index contributed by atoms with van der Waals surface area (Å²) in [6, 6.07) is 13.4. The first-order valence-corrected chi connectivity index (χ1v) is 6.58. The number of hydrazone groups is 1. The Morgan fingerprint density at radius 2 is 1.90 bits per heavy atom. The molecule has 0 heterocycles. The summed E-state index contributed by atoms with van der Waals surface area (Å²) in [5.74, 6) is 0.401. The van der Waals surface area contributed by atoms with Gasteiger partial charge in [-0.1, -0.05) is 24.3 Å². The molecular formula is C15H14FN3OS. The van der Waals surface area contributed by atoms with Crippen molar-refractivity contribution in [1.82, 2.24) is 5.43 Å². The summed E-state index contributed by atoms with van der Waals surface area (Å²) in [4.78, 5) is 0. The van der Waals surface area contributed by atoms with Crippen molar-refractivity contribution in [2.45, 2.75) is 0 Å². The third kappa shape index (κ3) is 4.54. The van der Waals surface area contributed by atoms with Crippen molar-refractivity contribution in [3.05, 3.63) is 59.9 Å². The number of halogens is 1. The molecular weight excluding hydrogens is 289 g/mol. The fraction of sp³-hybridized carbons (Fsp3) is 0.0667. The number of ether oxygens (including phenoxy) is 1. The van der Waals surface area contributed by atoms with E-state index in [2.05, 4.69) is 15.8 Å². The molecule has 0 radical (unpaired) electrons. The normalized spacial score (nSPS) is 10.4. The van der Waals surface area contributed by atoms with Crippen molar-refractivity contribution in [2.24, 2.45) is 5.10 Å². The number of hydrogen-bond acceptors (Lipinski definition) is 3. The first kappa shape index (κ1) is 14.9. The van der Waals surface area contributed by atoms with E-state index in [1.807, 2.05) is 24.3 Å². The monoisotopic (exact) mass is 303 g/mol. The average Bonchev–Trinajstić information content (AvgIpc) is 2.50. The molecule has 0 atom stereocenters. The average molecular weight is 303 g/mol. The van der Waals surface area contributed by atoms with Crippen LogP contribution in [0.2, 0.25) is 0 Å². The number of anilines is 1. The van der Waals surface area contributed by atoms with Gasteiger partial charge in [-0.2, -0.15) is 5.10 Å². The lowest BCUT2D eigenvalue weighted by Gasteiger charge is -2.10. The molecule has 0 amide bonds. The Morgan fingerprint density at radius 3 is 2.62 bits per heavy atom. The lowest BCUT2D eigenvalue weighted by Crippen LogP contribution is -2.24. The maximum absolute atomic E-state index is 12.7. The highest BCUT2D eigenvalue weighted by molar-refractivity contribution is 7.80. The maximum atomic E-state index is 12.7. The smallest absolute Gasteiger partial charge is 0.191 e. The molecule has 2 aromatic rings. The van der Waals surface area contributed by atoms with Gasteiger partial charge in [0.15, 0.2) is 5.11 Å². The van der Waals surface area contributed by atoms with E-state index < -0.39 is 0 Å². The van der Waals surface area contributed by atoms with Gasteiger partial charge in [0, 0.05) is 0 Å². The second kappa shape index (κ2) is 7.35. The van der Waals surface area contributed by atoms with E-state index in [0.717, 1.165) is 11.3 Å². The van der Waals surface area contributed by atoms with Crippen molar-refractivity contribution >= 4 is 29.2 Å². The largest absolute Gasteiger partial charge is 0.495 e. The molecule has 0 bridgehead atoms. The lowest BCUT2D eigenvalue weighted by atomic mass is 10.2. The molecule has 108 valence electrons. The van der Waals surface area contributed by atoms with Gasteiger partial charge in [0.05, 0.1) is 19.0 Å². The van der Waals surface area contributed by atoms with Crippen LogP contribution in [0.25, 0.3) is 0 Å². The standard InChI is InChI=1S/C15H14FN3OS/c1-20-14-5-3-2-4-13(14)18-15(21)19-17-10-11-6-8-12(16)9-7-11/h2-10H,1H3,(H2,18,19,21)/b17-10-. The van der Waals surface area contributed by atoms with Gasteiger partial charge >= 0.3 is 0 Å². The summed E-state index contributed by atoms with van der Waals surface area (Å²) in [5, 5.41) is 7.29.